The fraction of sp³-hybridized carbons (Fsp3) is 0.533. The predicted octanol–water partition coefficient (Wildman–Crippen LogP) is 3.95. The van der Waals surface area contributed by atoms with Crippen molar-refractivity contribution in [2.45, 2.75) is 45.0 Å². The smallest absolute Gasteiger partial charge is 0.406 e. The molecule has 3 nitrogen and oxygen atoms in total. The summed E-state index contributed by atoms with van der Waals surface area (Å²) in [5.41, 5.74) is 0.746. The molecule has 1 aliphatic rings. The van der Waals surface area contributed by atoms with E-state index in [1.165, 1.54) is 24.3 Å². The molecular weight excluding hydrogens is 283 g/mol. The Balaban J connectivity index is 1.93. The van der Waals surface area contributed by atoms with E-state index >= 15 is 0 Å². The fourth-order valence-electron chi connectivity index (χ4n) is 2.56. The first-order chi connectivity index (χ1) is 9.85. The first kappa shape index (κ1) is 15.7. The van der Waals surface area contributed by atoms with E-state index in [4.69, 9.17) is 0 Å². The van der Waals surface area contributed by atoms with E-state index in [0.29, 0.717) is 0 Å². The molecule has 0 radical (unpaired) electrons. The van der Waals surface area contributed by atoms with Crippen LogP contribution >= 0.6 is 0 Å². The van der Waals surface area contributed by atoms with Gasteiger partial charge in [-0.05, 0) is 37.5 Å². The Bertz CT molecular complexity index is 479. The lowest BCUT2D eigenvalue weighted by molar-refractivity contribution is -0.274. The van der Waals surface area contributed by atoms with Crippen LogP contribution in [0, 0.1) is 5.92 Å². The Labute approximate surface area is 121 Å². The summed E-state index contributed by atoms with van der Waals surface area (Å²) in [7, 11) is 0. The van der Waals surface area contributed by atoms with Gasteiger partial charge in [-0.2, -0.15) is 0 Å². The zero-order chi connectivity index (χ0) is 15.5. The first-order valence-corrected chi connectivity index (χ1v) is 7.01. The second-order valence-electron chi connectivity index (χ2n) is 5.33. The highest BCUT2D eigenvalue weighted by Gasteiger charge is 2.31. The SMILES string of the molecule is CC(NC(=O)C1CCCC1)c1ccc(OC(F)(F)F)cc1. The number of nitrogens with one attached hydrogen (secondary N) is 1. The molecule has 1 N–H and O–H groups in total. The summed E-state index contributed by atoms with van der Waals surface area (Å²) in [6.45, 7) is 1.81. The average Bonchev–Trinajstić information content (AvgIpc) is 2.91. The van der Waals surface area contributed by atoms with E-state index in [-0.39, 0.29) is 23.6 Å². The van der Waals surface area contributed by atoms with E-state index in [1.807, 2.05) is 6.92 Å². The van der Waals surface area contributed by atoms with Crippen LogP contribution in [0.2, 0.25) is 0 Å². The van der Waals surface area contributed by atoms with Crippen LogP contribution in [0.5, 0.6) is 5.75 Å². The van der Waals surface area contributed by atoms with Gasteiger partial charge in [0, 0.05) is 5.92 Å². The van der Waals surface area contributed by atoms with Crippen molar-refractivity contribution in [2.24, 2.45) is 5.92 Å². The van der Waals surface area contributed by atoms with Crippen molar-refractivity contribution in [3.05, 3.63) is 29.8 Å². The largest absolute Gasteiger partial charge is 0.573 e. The van der Waals surface area contributed by atoms with Crippen LogP contribution in [0.15, 0.2) is 24.3 Å². The summed E-state index contributed by atoms with van der Waals surface area (Å²) < 4.78 is 40.0. The molecule has 0 aromatic heterocycles. The lowest BCUT2D eigenvalue weighted by atomic mass is 10.0. The maximum absolute atomic E-state index is 12.1. The fourth-order valence-corrected chi connectivity index (χ4v) is 2.56. The summed E-state index contributed by atoms with van der Waals surface area (Å²) in [5.74, 6) is -0.170. The molecule has 0 aliphatic heterocycles. The summed E-state index contributed by atoms with van der Waals surface area (Å²) in [4.78, 5) is 12.0. The second kappa shape index (κ2) is 6.37. The molecule has 1 atom stereocenters. The molecule has 6 heteroatoms. The van der Waals surface area contributed by atoms with Gasteiger partial charge in [-0.1, -0.05) is 25.0 Å². The number of hydrogen-bond donors (Lipinski definition) is 1. The molecule has 0 heterocycles. The lowest BCUT2D eigenvalue weighted by Crippen LogP contribution is -2.31. The molecule has 21 heavy (non-hydrogen) atoms. The van der Waals surface area contributed by atoms with Gasteiger partial charge in [0.2, 0.25) is 5.91 Å². The molecule has 0 bridgehead atoms. The Morgan fingerprint density at radius 2 is 1.81 bits per heavy atom. The van der Waals surface area contributed by atoms with Gasteiger partial charge in [-0.25, -0.2) is 0 Å². The topological polar surface area (TPSA) is 38.3 Å². The number of ether oxygens (including phenoxy) is 1. The number of benzene rings is 1. The quantitative estimate of drug-likeness (QED) is 0.914. The molecule has 0 saturated heterocycles. The van der Waals surface area contributed by atoms with Crippen LogP contribution in [0.3, 0.4) is 0 Å². The number of rotatable bonds is 4. The van der Waals surface area contributed by atoms with E-state index in [9.17, 15) is 18.0 Å². The molecule has 1 amide bonds. The third-order valence-corrected chi connectivity index (χ3v) is 3.70. The van der Waals surface area contributed by atoms with Crippen molar-refractivity contribution in [3.63, 3.8) is 0 Å². The summed E-state index contributed by atoms with van der Waals surface area (Å²) >= 11 is 0. The van der Waals surface area contributed by atoms with Gasteiger partial charge in [0.05, 0.1) is 6.04 Å². The van der Waals surface area contributed by atoms with Gasteiger partial charge in [-0.15, -0.1) is 13.2 Å². The summed E-state index contributed by atoms with van der Waals surface area (Å²) in [5, 5.41) is 2.90. The first-order valence-electron chi connectivity index (χ1n) is 7.01. The highest BCUT2D eigenvalue weighted by molar-refractivity contribution is 5.79. The minimum Gasteiger partial charge on any atom is -0.406 e. The zero-order valence-corrected chi connectivity index (χ0v) is 11.7. The molecule has 1 aliphatic carbocycles. The maximum Gasteiger partial charge on any atom is 0.573 e. The van der Waals surface area contributed by atoms with Crippen LogP contribution in [0.25, 0.3) is 0 Å². The number of hydrogen-bond acceptors (Lipinski definition) is 2. The van der Waals surface area contributed by atoms with Gasteiger partial charge in [0.1, 0.15) is 5.75 Å². The molecule has 1 unspecified atom stereocenters. The van der Waals surface area contributed by atoms with Crippen molar-refractivity contribution >= 4 is 5.91 Å². The van der Waals surface area contributed by atoms with Gasteiger partial charge in [-0.3, -0.25) is 4.79 Å². The second-order valence-corrected chi connectivity index (χ2v) is 5.33. The van der Waals surface area contributed by atoms with Crippen LogP contribution in [0.1, 0.15) is 44.2 Å². The van der Waals surface area contributed by atoms with E-state index in [0.717, 1.165) is 31.2 Å². The predicted molar refractivity (Wildman–Crippen MR) is 71.6 cm³/mol. The third kappa shape index (κ3) is 4.65. The minimum absolute atomic E-state index is 0.0237. The van der Waals surface area contributed by atoms with E-state index in [1.54, 1.807) is 0 Å². The van der Waals surface area contributed by atoms with Crippen LogP contribution in [-0.4, -0.2) is 12.3 Å². The van der Waals surface area contributed by atoms with Crippen LogP contribution in [0.4, 0.5) is 13.2 Å². The molecule has 116 valence electrons. The standard InChI is InChI=1S/C15H18F3NO2/c1-10(19-14(20)12-4-2-3-5-12)11-6-8-13(9-7-11)21-15(16,17)18/h6-10,12H,2-5H2,1H3,(H,19,20). The monoisotopic (exact) mass is 301 g/mol. The average molecular weight is 301 g/mol. The number of carbonyl (C=O) groups is 1. The molecule has 1 aromatic rings. The number of halogens is 3. The van der Waals surface area contributed by atoms with Crippen LogP contribution < -0.4 is 10.1 Å². The Kier molecular flexibility index (Phi) is 4.75. The molecule has 0 spiro atoms. The van der Waals surface area contributed by atoms with Gasteiger partial charge < -0.3 is 10.1 Å². The number of alkyl halides is 3. The summed E-state index contributed by atoms with van der Waals surface area (Å²) in [6.07, 6.45) is -0.705. The zero-order valence-electron chi connectivity index (χ0n) is 11.7. The Morgan fingerprint density at radius 1 is 1.24 bits per heavy atom. The van der Waals surface area contributed by atoms with E-state index < -0.39 is 6.36 Å². The lowest BCUT2D eigenvalue weighted by Gasteiger charge is -2.18. The molecule has 1 aromatic carbocycles. The minimum atomic E-state index is -4.69. The summed E-state index contributed by atoms with van der Waals surface area (Å²) in [6, 6.07) is 5.32. The van der Waals surface area contributed by atoms with Crippen molar-refractivity contribution in [3.8, 4) is 5.75 Å². The molecule has 2 rings (SSSR count). The molecular formula is C15H18F3NO2. The maximum atomic E-state index is 12.1. The van der Waals surface area contributed by atoms with Gasteiger partial charge >= 0.3 is 6.36 Å². The Hall–Kier alpha value is -1.72. The highest BCUT2D eigenvalue weighted by atomic mass is 19.4. The molecule has 1 fully saturated rings. The third-order valence-electron chi connectivity index (χ3n) is 3.70. The van der Waals surface area contributed by atoms with Crippen molar-refractivity contribution in [1.29, 1.82) is 0 Å². The normalized spacial score (nSPS) is 17.5. The van der Waals surface area contributed by atoms with Gasteiger partial charge in [0.25, 0.3) is 0 Å². The number of carbonyl (C=O) groups excluding carboxylic acids is 1. The van der Waals surface area contributed by atoms with Crippen molar-refractivity contribution in [2.75, 3.05) is 0 Å². The Morgan fingerprint density at radius 3 is 2.33 bits per heavy atom. The number of amides is 1. The van der Waals surface area contributed by atoms with Crippen molar-refractivity contribution in [1.82, 2.24) is 5.32 Å². The van der Waals surface area contributed by atoms with E-state index in [2.05, 4.69) is 10.1 Å². The molecule has 1 saturated carbocycles. The van der Waals surface area contributed by atoms with Gasteiger partial charge in [0.15, 0.2) is 0 Å². The highest BCUT2D eigenvalue weighted by Crippen LogP contribution is 2.27. The van der Waals surface area contributed by atoms with Crippen molar-refractivity contribution < 1.29 is 22.7 Å². The van der Waals surface area contributed by atoms with Crippen LogP contribution in [-0.2, 0) is 4.79 Å².